The Labute approximate surface area is 132 Å². The predicted octanol–water partition coefficient (Wildman–Crippen LogP) is 2.77. The maximum absolute atomic E-state index is 11.9. The molecule has 0 aliphatic carbocycles. The number of carbonyl (C=O) groups excluding carboxylic acids is 1. The Hall–Kier alpha value is -1.36. The fourth-order valence-corrected chi connectivity index (χ4v) is 1.96. The van der Waals surface area contributed by atoms with Gasteiger partial charge < -0.3 is 10.2 Å². The molecular weight excluding hydrogens is 288 g/mol. The van der Waals surface area contributed by atoms with E-state index in [1.165, 1.54) is 0 Å². The van der Waals surface area contributed by atoms with Crippen LogP contribution < -0.4 is 10.2 Å². The van der Waals surface area contributed by atoms with Crippen LogP contribution in [0.3, 0.4) is 0 Å². The molecule has 0 aromatic carbocycles. The molecule has 6 heteroatoms. The van der Waals surface area contributed by atoms with Gasteiger partial charge in [0.05, 0.1) is 6.54 Å². The maximum atomic E-state index is 11.9. The smallest absolute Gasteiger partial charge is 0.239 e. The highest BCUT2D eigenvalue weighted by Crippen LogP contribution is 2.24. The van der Waals surface area contributed by atoms with Crippen molar-refractivity contribution in [1.82, 2.24) is 15.3 Å². The van der Waals surface area contributed by atoms with Crippen molar-refractivity contribution < 1.29 is 4.79 Å². The normalized spacial score (nSPS) is 11.1. The van der Waals surface area contributed by atoms with E-state index in [-0.39, 0.29) is 18.4 Å². The summed E-state index contributed by atoms with van der Waals surface area (Å²) in [7, 11) is 1.84. The second kappa shape index (κ2) is 7.59. The topological polar surface area (TPSA) is 58.1 Å². The summed E-state index contributed by atoms with van der Waals surface area (Å²) >= 11 is 6.17. The lowest BCUT2D eigenvalue weighted by molar-refractivity contribution is -0.119. The van der Waals surface area contributed by atoms with E-state index in [0.717, 1.165) is 5.56 Å². The van der Waals surface area contributed by atoms with Crippen molar-refractivity contribution in [1.29, 1.82) is 0 Å². The van der Waals surface area contributed by atoms with Crippen LogP contribution in [-0.2, 0) is 4.79 Å². The summed E-state index contributed by atoms with van der Waals surface area (Å²) < 4.78 is 0. The second-order valence-electron chi connectivity index (χ2n) is 6.03. The van der Waals surface area contributed by atoms with Gasteiger partial charge in [0, 0.05) is 25.1 Å². The van der Waals surface area contributed by atoms with Crippen molar-refractivity contribution in [3.05, 3.63) is 16.5 Å². The van der Waals surface area contributed by atoms with Gasteiger partial charge in [-0.3, -0.25) is 4.79 Å². The van der Waals surface area contributed by atoms with Gasteiger partial charge in [-0.2, -0.15) is 0 Å². The minimum Gasteiger partial charge on any atom is -0.354 e. The Morgan fingerprint density at radius 3 is 2.43 bits per heavy atom. The Balaban J connectivity index is 2.86. The number of likely N-dealkylation sites (N-methyl/N-ethyl adjacent to an activating group) is 1. The first-order chi connectivity index (χ1) is 9.72. The fourth-order valence-electron chi connectivity index (χ4n) is 1.79. The molecule has 1 N–H and O–H groups in total. The number of carbonyl (C=O) groups is 1. The van der Waals surface area contributed by atoms with E-state index >= 15 is 0 Å². The summed E-state index contributed by atoms with van der Waals surface area (Å²) in [4.78, 5) is 22.5. The third-order valence-corrected chi connectivity index (χ3v) is 3.41. The number of hydrogen-bond acceptors (Lipinski definition) is 4. The van der Waals surface area contributed by atoms with E-state index in [0.29, 0.717) is 29.3 Å². The van der Waals surface area contributed by atoms with E-state index in [9.17, 15) is 4.79 Å². The van der Waals surface area contributed by atoms with Gasteiger partial charge >= 0.3 is 0 Å². The zero-order valence-electron chi connectivity index (χ0n) is 13.7. The first kappa shape index (κ1) is 17.7. The molecule has 1 aromatic heterocycles. The van der Waals surface area contributed by atoms with E-state index in [2.05, 4.69) is 29.1 Å². The van der Waals surface area contributed by atoms with Crippen LogP contribution in [0.4, 0.5) is 5.82 Å². The van der Waals surface area contributed by atoms with Gasteiger partial charge in [0.1, 0.15) is 16.8 Å². The summed E-state index contributed by atoms with van der Waals surface area (Å²) in [6.07, 6.45) is 0. The second-order valence-corrected chi connectivity index (χ2v) is 6.39. The molecule has 5 nitrogen and oxygen atoms in total. The quantitative estimate of drug-likeness (QED) is 0.821. The number of nitrogens with zero attached hydrogens (tertiary/aromatic N) is 3. The van der Waals surface area contributed by atoms with Gasteiger partial charge in [0.15, 0.2) is 0 Å². The molecule has 0 spiro atoms. The van der Waals surface area contributed by atoms with Crippen LogP contribution in [0.2, 0.25) is 5.15 Å². The summed E-state index contributed by atoms with van der Waals surface area (Å²) in [5.41, 5.74) is 0.792. The first-order valence-corrected chi connectivity index (χ1v) is 7.62. The molecule has 21 heavy (non-hydrogen) atoms. The van der Waals surface area contributed by atoms with Gasteiger partial charge in [0.2, 0.25) is 5.91 Å². The van der Waals surface area contributed by atoms with Crippen molar-refractivity contribution in [2.24, 2.45) is 5.92 Å². The summed E-state index contributed by atoms with van der Waals surface area (Å²) in [5, 5.41) is 3.34. The van der Waals surface area contributed by atoms with Crippen LogP contribution in [0.25, 0.3) is 0 Å². The van der Waals surface area contributed by atoms with E-state index < -0.39 is 0 Å². The summed E-state index contributed by atoms with van der Waals surface area (Å²) in [5.74, 6) is 1.99. The average molecular weight is 313 g/mol. The Bertz CT molecular complexity index is 503. The molecule has 1 heterocycles. The fraction of sp³-hybridized carbons (Fsp3) is 0.667. The van der Waals surface area contributed by atoms with Crippen LogP contribution in [0.1, 0.15) is 45.0 Å². The molecular formula is C15H25ClN4O. The third-order valence-electron chi connectivity index (χ3n) is 3.04. The molecule has 0 radical (unpaired) electrons. The molecule has 0 aliphatic rings. The van der Waals surface area contributed by atoms with E-state index in [4.69, 9.17) is 11.6 Å². The van der Waals surface area contributed by atoms with Crippen molar-refractivity contribution in [2.45, 2.75) is 40.5 Å². The van der Waals surface area contributed by atoms with Crippen molar-refractivity contribution >= 4 is 23.3 Å². The standard InChI is InChI=1S/C15H25ClN4O/c1-9(2)7-17-12(21)8-20(6)15-11(5)13(16)18-14(19-15)10(3)4/h9-10H,7-8H2,1-6H3,(H,17,21). The number of hydrogen-bond donors (Lipinski definition) is 1. The van der Waals surface area contributed by atoms with Crippen molar-refractivity contribution in [3.8, 4) is 0 Å². The lowest BCUT2D eigenvalue weighted by atomic mass is 10.2. The molecule has 0 aliphatic heterocycles. The molecule has 0 saturated heterocycles. The van der Waals surface area contributed by atoms with E-state index in [1.54, 1.807) is 0 Å². The van der Waals surface area contributed by atoms with Gasteiger partial charge in [-0.25, -0.2) is 9.97 Å². The molecule has 0 saturated carbocycles. The lowest BCUT2D eigenvalue weighted by Gasteiger charge is -2.21. The number of amides is 1. The molecule has 0 fully saturated rings. The highest BCUT2D eigenvalue weighted by atomic mass is 35.5. The molecule has 1 rings (SSSR count). The van der Waals surface area contributed by atoms with Gasteiger partial charge in [0.25, 0.3) is 0 Å². The molecule has 1 amide bonds. The number of rotatable bonds is 6. The molecule has 118 valence electrons. The zero-order valence-corrected chi connectivity index (χ0v) is 14.5. The molecule has 1 aromatic rings. The molecule has 0 unspecified atom stereocenters. The SMILES string of the molecule is Cc1c(Cl)nc(C(C)C)nc1N(C)CC(=O)NCC(C)C. The van der Waals surface area contributed by atoms with Crippen molar-refractivity contribution in [2.75, 3.05) is 25.0 Å². The largest absolute Gasteiger partial charge is 0.354 e. The summed E-state index contributed by atoms with van der Waals surface area (Å²) in [6.45, 7) is 10.9. The maximum Gasteiger partial charge on any atom is 0.239 e. The first-order valence-electron chi connectivity index (χ1n) is 7.24. The Morgan fingerprint density at radius 2 is 1.90 bits per heavy atom. The molecule has 0 atom stereocenters. The van der Waals surface area contributed by atoms with Crippen LogP contribution in [-0.4, -0.2) is 36.0 Å². The van der Waals surface area contributed by atoms with E-state index in [1.807, 2.05) is 32.7 Å². The third kappa shape index (κ3) is 5.16. The Morgan fingerprint density at radius 1 is 1.29 bits per heavy atom. The number of nitrogens with one attached hydrogen (secondary N) is 1. The predicted molar refractivity (Wildman–Crippen MR) is 87.0 cm³/mol. The lowest BCUT2D eigenvalue weighted by Crippen LogP contribution is -2.37. The van der Waals surface area contributed by atoms with Gasteiger partial charge in [-0.05, 0) is 12.8 Å². The zero-order chi connectivity index (χ0) is 16.2. The average Bonchev–Trinajstić information content (AvgIpc) is 2.38. The number of aromatic nitrogens is 2. The number of anilines is 1. The van der Waals surface area contributed by atoms with Crippen LogP contribution in [0.5, 0.6) is 0 Å². The van der Waals surface area contributed by atoms with Crippen LogP contribution in [0, 0.1) is 12.8 Å². The summed E-state index contributed by atoms with van der Waals surface area (Å²) in [6, 6.07) is 0. The minimum absolute atomic E-state index is 0.0218. The minimum atomic E-state index is -0.0218. The van der Waals surface area contributed by atoms with Crippen molar-refractivity contribution in [3.63, 3.8) is 0 Å². The highest BCUT2D eigenvalue weighted by molar-refractivity contribution is 6.30. The highest BCUT2D eigenvalue weighted by Gasteiger charge is 2.16. The van der Waals surface area contributed by atoms with Crippen LogP contribution in [0.15, 0.2) is 0 Å². The van der Waals surface area contributed by atoms with Gasteiger partial charge in [-0.15, -0.1) is 0 Å². The Kier molecular flexibility index (Phi) is 6.40. The monoisotopic (exact) mass is 312 g/mol. The number of halogens is 1. The van der Waals surface area contributed by atoms with Gasteiger partial charge in [-0.1, -0.05) is 39.3 Å². The van der Waals surface area contributed by atoms with Crippen LogP contribution >= 0.6 is 11.6 Å². The molecule has 0 bridgehead atoms.